The molecule has 116 valence electrons. The van der Waals surface area contributed by atoms with E-state index >= 15 is 0 Å². The van der Waals surface area contributed by atoms with E-state index in [1.54, 1.807) is 0 Å². The number of para-hydroxylation sites is 1. The van der Waals surface area contributed by atoms with Crippen molar-refractivity contribution >= 4 is 22.5 Å². The second-order valence-electron chi connectivity index (χ2n) is 6.06. The Morgan fingerprint density at radius 3 is 2.43 bits per heavy atom. The molecule has 0 aliphatic heterocycles. The maximum absolute atomic E-state index is 12.8. The van der Waals surface area contributed by atoms with Crippen LogP contribution in [0.3, 0.4) is 0 Å². The lowest BCUT2D eigenvalue weighted by atomic mass is 10.0. The number of fused-ring (bicyclic) bond motifs is 1. The second-order valence-corrected chi connectivity index (χ2v) is 6.06. The first-order chi connectivity index (χ1) is 11.0. The molecule has 1 aromatic heterocycles. The van der Waals surface area contributed by atoms with Crippen LogP contribution in [0.5, 0.6) is 0 Å². The zero-order valence-corrected chi connectivity index (χ0v) is 13.9. The zero-order chi connectivity index (χ0) is 16.6. The van der Waals surface area contributed by atoms with E-state index < -0.39 is 0 Å². The molecule has 3 rings (SSSR count). The summed E-state index contributed by atoms with van der Waals surface area (Å²) in [5.41, 5.74) is 6.51. The van der Waals surface area contributed by atoms with Crippen molar-refractivity contribution in [3.05, 3.63) is 70.4 Å². The number of carbonyl (C=O) groups excluding carboxylic acids is 1. The molecule has 0 unspecified atom stereocenters. The Labute approximate surface area is 136 Å². The minimum absolute atomic E-state index is 0.0974. The number of anilines is 1. The molecule has 0 radical (unpaired) electrons. The molecule has 0 spiro atoms. The van der Waals surface area contributed by atoms with Crippen LogP contribution in [0, 0.1) is 27.7 Å². The van der Waals surface area contributed by atoms with Gasteiger partial charge < -0.3 is 5.32 Å². The number of carbonyl (C=O) groups is 1. The van der Waals surface area contributed by atoms with Gasteiger partial charge in [0.15, 0.2) is 0 Å². The van der Waals surface area contributed by atoms with E-state index in [0.29, 0.717) is 5.56 Å². The van der Waals surface area contributed by atoms with E-state index in [2.05, 4.69) is 16.4 Å². The number of benzene rings is 2. The first kappa shape index (κ1) is 15.2. The third-order valence-corrected chi connectivity index (χ3v) is 4.01. The molecule has 0 saturated heterocycles. The zero-order valence-electron chi connectivity index (χ0n) is 13.9. The van der Waals surface area contributed by atoms with Gasteiger partial charge >= 0.3 is 0 Å². The molecule has 1 N–H and O–H groups in total. The fourth-order valence-electron chi connectivity index (χ4n) is 2.90. The van der Waals surface area contributed by atoms with Crippen LogP contribution in [0.2, 0.25) is 0 Å². The van der Waals surface area contributed by atoms with Gasteiger partial charge in [-0.05, 0) is 57.0 Å². The lowest BCUT2D eigenvalue weighted by Crippen LogP contribution is -2.14. The third kappa shape index (κ3) is 2.95. The summed E-state index contributed by atoms with van der Waals surface area (Å²) in [5.74, 6) is -0.0974. The summed E-state index contributed by atoms with van der Waals surface area (Å²) in [6, 6.07) is 13.8. The smallest absolute Gasteiger partial charge is 0.256 e. The fraction of sp³-hybridized carbons (Fsp3) is 0.200. The molecule has 0 atom stereocenters. The average molecular weight is 304 g/mol. The summed E-state index contributed by atoms with van der Waals surface area (Å²) >= 11 is 0. The number of amides is 1. The quantitative estimate of drug-likeness (QED) is 0.744. The highest BCUT2D eigenvalue weighted by molar-refractivity contribution is 6.13. The molecule has 23 heavy (non-hydrogen) atoms. The van der Waals surface area contributed by atoms with Crippen LogP contribution in [-0.4, -0.2) is 10.9 Å². The van der Waals surface area contributed by atoms with Crippen LogP contribution < -0.4 is 5.32 Å². The van der Waals surface area contributed by atoms with Gasteiger partial charge in [-0.15, -0.1) is 0 Å². The Morgan fingerprint density at radius 1 is 0.957 bits per heavy atom. The van der Waals surface area contributed by atoms with Gasteiger partial charge in [-0.2, -0.15) is 0 Å². The fourth-order valence-corrected chi connectivity index (χ4v) is 2.90. The van der Waals surface area contributed by atoms with Gasteiger partial charge in [0.2, 0.25) is 0 Å². The predicted octanol–water partition coefficient (Wildman–Crippen LogP) is 4.72. The number of hydrogen-bond acceptors (Lipinski definition) is 2. The summed E-state index contributed by atoms with van der Waals surface area (Å²) in [4.78, 5) is 17.4. The number of nitrogens with zero attached hydrogens (tertiary/aromatic N) is 1. The van der Waals surface area contributed by atoms with Gasteiger partial charge in [0.25, 0.3) is 5.91 Å². The topological polar surface area (TPSA) is 42.0 Å². The normalized spacial score (nSPS) is 10.8. The van der Waals surface area contributed by atoms with Crippen molar-refractivity contribution in [2.75, 3.05) is 5.32 Å². The number of aromatic nitrogens is 1. The molecule has 3 aromatic rings. The van der Waals surface area contributed by atoms with Gasteiger partial charge in [0.1, 0.15) is 0 Å². The molecular formula is C20H20N2O. The highest BCUT2D eigenvalue weighted by Crippen LogP contribution is 2.24. The van der Waals surface area contributed by atoms with Crippen LogP contribution in [-0.2, 0) is 0 Å². The predicted molar refractivity (Wildman–Crippen MR) is 95.1 cm³/mol. The molecule has 0 bridgehead atoms. The van der Waals surface area contributed by atoms with Gasteiger partial charge in [-0.3, -0.25) is 9.78 Å². The maximum Gasteiger partial charge on any atom is 0.256 e. The summed E-state index contributed by atoms with van der Waals surface area (Å²) < 4.78 is 0. The Balaban J connectivity index is 2.12. The van der Waals surface area contributed by atoms with Crippen molar-refractivity contribution in [1.29, 1.82) is 0 Å². The minimum Gasteiger partial charge on any atom is -0.322 e. The van der Waals surface area contributed by atoms with Crippen LogP contribution in [0.1, 0.15) is 32.7 Å². The van der Waals surface area contributed by atoms with Crippen molar-refractivity contribution in [3.63, 3.8) is 0 Å². The molecule has 0 saturated carbocycles. The van der Waals surface area contributed by atoms with Crippen LogP contribution in [0.25, 0.3) is 10.9 Å². The van der Waals surface area contributed by atoms with Crippen LogP contribution in [0.15, 0.2) is 42.5 Å². The average Bonchev–Trinajstić information content (AvgIpc) is 2.49. The summed E-state index contributed by atoms with van der Waals surface area (Å²) in [5, 5.41) is 3.92. The lowest BCUT2D eigenvalue weighted by molar-refractivity contribution is 0.102. The number of rotatable bonds is 2. The molecule has 1 heterocycles. The number of nitrogens with one attached hydrogen (secondary N) is 1. The van der Waals surface area contributed by atoms with E-state index in [1.165, 1.54) is 0 Å². The molecule has 0 aliphatic rings. The Morgan fingerprint density at radius 2 is 1.70 bits per heavy atom. The van der Waals surface area contributed by atoms with Gasteiger partial charge in [0, 0.05) is 16.8 Å². The Bertz CT molecular complexity index is 913. The summed E-state index contributed by atoms with van der Waals surface area (Å²) in [6.07, 6.45) is 0. The number of aryl methyl sites for hydroxylation is 4. The molecule has 3 nitrogen and oxygen atoms in total. The van der Waals surface area contributed by atoms with Crippen LogP contribution in [0.4, 0.5) is 5.69 Å². The number of pyridine rings is 1. The summed E-state index contributed by atoms with van der Waals surface area (Å²) in [6.45, 7) is 7.98. The van der Waals surface area contributed by atoms with Crippen LogP contribution >= 0.6 is 0 Å². The van der Waals surface area contributed by atoms with Gasteiger partial charge in [-0.25, -0.2) is 0 Å². The number of hydrogen-bond donors (Lipinski definition) is 1. The van der Waals surface area contributed by atoms with E-state index in [9.17, 15) is 4.79 Å². The first-order valence-electron chi connectivity index (χ1n) is 7.71. The molecule has 0 aliphatic carbocycles. The van der Waals surface area contributed by atoms with Crippen molar-refractivity contribution in [2.24, 2.45) is 0 Å². The van der Waals surface area contributed by atoms with E-state index in [1.807, 2.05) is 64.1 Å². The molecule has 3 heteroatoms. The third-order valence-electron chi connectivity index (χ3n) is 4.01. The van der Waals surface area contributed by atoms with Crippen molar-refractivity contribution in [1.82, 2.24) is 4.98 Å². The Hall–Kier alpha value is -2.68. The van der Waals surface area contributed by atoms with E-state index in [-0.39, 0.29) is 5.91 Å². The highest BCUT2D eigenvalue weighted by Gasteiger charge is 2.14. The van der Waals surface area contributed by atoms with Gasteiger partial charge in [-0.1, -0.05) is 29.8 Å². The molecular weight excluding hydrogens is 284 g/mol. The first-order valence-corrected chi connectivity index (χ1v) is 7.71. The standard InChI is InChI=1S/C20H20N2O/c1-12-9-14(3)19-16(10-12)17(11-15(4)21-19)20(23)22-18-8-6-5-7-13(18)2/h5-11H,1-4H3,(H,22,23). The van der Waals surface area contributed by atoms with Crippen molar-refractivity contribution < 1.29 is 4.79 Å². The molecule has 1 amide bonds. The largest absolute Gasteiger partial charge is 0.322 e. The highest BCUT2D eigenvalue weighted by atomic mass is 16.1. The van der Waals surface area contributed by atoms with E-state index in [0.717, 1.165) is 39.0 Å². The van der Waals surface area contributed by atoms with Gasteiger partial charge in [0.05, 0.1) is 11.1 Å². The Kier molecular flexibility index (Phi) is 3.87. The second kappa shape index (κ2) is 5.84. The lowest BCUT2D eigenvalue weighted by Gasteiger charge is -2.12. The van der Waals surface area contributed by atoms with Crippen molar-refractivity contribution in [3.8, 4) is 0 Å². The van der Waals surface area contributed by atoms with Crippen molar-refractivity contribution in [2.45, 2.75) is 27.7 Å². The molecule has 0 fully saturated rings. The summed E-state index contributed by atoms with van der Waals surface area (Å²) in [7, 11) is 0. The monoisotopic (exact) mass is 304 g/mol. The minimum atomic E-state index is -0.0974. The van der Waals surface area contributed by atoms with E-state index in [4.69, 9.17) is 0 Å². The SMILES string of the molecule is Cc1cc(C)c2nc(C)cc(C(=O)Nc3ccccc3C)c2c1. The maximum atomic E-state index is 12.8. The molecule has 2 aromatic carbocycles.